The number of ether oxygens (including phenoxy) is 1. The molecule has 184 valence electrons. The van der Waals surface area contributed by atoms with Crippen molar-refractivity contribution >= 4 is 40.5 Å². The zero-order chi connectivity index (χ0) is 25.3. The van der Waals surface area contributed by atoms with Gasteiger partial charge < -0.3 is 25.7 Å². The number of carbonyl (C=O) groups is 3. The number of fused-ring (bicyclic) bond motifs is 1. The quantitative estimate of drug-likeness (QED) is 0.255. The molecular formula is C27H27N5O4. The number of anilines is 2. The molecule has 0 fully saturated rings. The highest BCUT2D eigenvalue weighted by molar-refractivity contribution is 5.97. The fourth-order valence-corrected chi connectivity index (χ4v) is 3.67. The van der Waals surface area contributed by atoms with Gasteiger partial charge in [0, 0.05) is 24.2 Å². The van der Waals surface area contributed by atoms with E-state index in [2.05, 4.69) is 30.7 Å². The summed E-state index contributed by atoms with van der Waals surface area (Å²) < 4.78 is 4.66. The highest BCUT2D eigenvalue weighted by atomic mass is 16.5. The van der Waals surface area contributed by atoms with Crippen molar-refractivity contribution in [3.05, 3.63) is 89.5 Å². The molecular weight excluding hydrogens is 458 g/mol. The van der Waals surface area contributed by atoms with Gasteiger partial charge >= 0.3 is 5.97 Å². The summed E-state index contributed by atoms with van der Waals surface area (Å²) >= 11 is 0. The molecule has 0 aliphatic rings. The third-order valence-corrected chi connectivity index (χ3v) is 5.59. The summed E-state index contributed by atoms with van der Waals surface area (Å²) in [7, 11) is 1.33. The van der Waals surface area contributed by atoms with E-state index in [-0.39, 0.29) is 30.7 Å². The molecule has 9 nitrogen and oxygen atoms in total. The van der Waals surface area contributed by atoms with Crippen LogP contribution in [0.5, 0.6) is 0 Å². The number of methoxy groups -OCH3 is 1. The van der Waals surface area contributed by atoms with E-state index in [4.69, 9.17) is 0 Å². The van der Waals surface area contributed by atoms with E-state index in [1.807, 2.05) is 48.5 Å². The van der Waals surface area contributed by atoms with E-state index in [9.17, 15) is 14.4 Å². The number of benzene rings is 3. The third kappa shape index (κ3) is 6.47. The topological polar surface area (TPSA) is 125 Å². The number of rotatable bonds is 10. The number of aromatic nitrogens is 2. The lowest BCUT2D eigenvalue weighted by Crippen LogP contribution is -2.36. The van der Waals surface area contributed by atoms with Gasteiger partial charge in [0.05, 0.1) is 24.7 Å². The van der Waals surface area contributed by atoms with Crippen LogP contribution in [0.3, 0.4) is 0 Å². The summed E-state index contributed by atoms with van der Waals surface area (Å²) in [6.45, 7) is 0.172. The monoisotopic (exact) mass is 485 g/mol. The number of nitrogens with zero attached hydrogens (tertiary/aromatic N) is 1. The van der Waals surface area contributed by atoms with Gasteiger partial charge in [0.25, 0.3) is 5.91 Å². The van der Waals surface area contributed by atoms with Crippen LogP contribution in [0.15, 0.2) is 72.8 Å². The number of H-pyrrole nitrogens is 1. The Morgan fingerprint density at radius 2 is 1.67 bits per heavy atom. The van der Waals surface area contributed by atoms with Crippen LogP contribution in [0.1, 0.15) is 27.9 Å². The molecule has 0 aliphatic carbocycles. The molecule has 0 unspecified atom stereocenters. The van der Waals surface area contributed by atoms with Gasteiger partial charge in [-0.15, -0.1) is 0 Å². The lowest BCUT2D eigenvalue weighted by Gasteiger charge is -2.11. The molecule has 4 rings (SSSR count). The Balaban J connectivity index is 1.24. The maximum absolute atomic E-state index is 12.6. The van der Waals surface area contributed by atoms with Crippen LogP contribution in [0, 0.1) is 0 Å². The molecule has 0 saturated carbocycles. The Morgan fingerprint density at radius 3 is 2.44 bits per heavy atom. The van der Waals surface area contributed by atoms with Crippen molar-refractivity contribution in [1.29, 1.82) is 0 Å². The first-order valence-corrected chi connectivity index (χ1v) is 11.5. The second kappa shape index (κ2) is 11.7. The second-order valence-corrected chi connectivity index (χ2v) is 8.12. The number of aryl methyl sites for hydroxylation is 1. The fraction of sp³-hybridized carbons (Fsp3) is 0.185. The number of nitrogens with one attached hydrogen (secondary N) is 4. The normalized spacial score (nSPS) is 10.6. The van der Waals surface area contributed by atoms with Crippen LogP contribution in [0.4, 0.5) is 11.6 Å². The van der Waals surface area contributed by atoms with Gasteiger partial charge in [0.15, 0.2) is 0 Å². The largest absolute Gasteiger partial charge is 0.469 e. The number of carbonyl (C=O) groups excluding carboxylic acids is 3. The molecule has 1 aromatic heterocycles. The molecule has 0 aliphatic heterocycles. The maximum Gasteiger partial charge on any atom is 0.305 e. The minimum atomic E-state index is -0.369. The average molecular weight is 486 g/mol. The molecule has 4 N–H and O–H groups in total. The van der Waals surface area contributed by atoms with Gasteiger partial charge in [-0.05, 0) is 47.9 Å². The van der Waals surface area contributed by atoms with Crippen LogP contribution < -0.4 is 16.0 Å². The first-order chi connectivity index (χ1) is 17.5. The molecule has 4 aromatic rings. The van der Waals surface area contributed by atoms with Crippen molar-refractivity contribution in [3.8, 4) is 0 Å². The second-order valence-electron chi connectivity index (χ2n) is 8.12. The van der Waals surface area contributed by atoms with E-state index < -0.39 is 0 Å². The number of amides is 2. The first kappa shape index (κ1) is 24.5. The van der Waals surface area contributed by atoms with Crippen LogP contribution in [-0.4, -0.2) is 41.4 Å². The van der Waals surface area contributed by atoms with Gasteiger partial charge in [-0.2, -0.15) is 0 Å². The zero-order valence-corrected chi connectivity index (χ0v) is 19.8. The first-order valence-electron chi connectivity index (χ1n) is 11.5. The van der Waals surface area contributed by atoms with Gasteiger partial charge in [0.2, 0.25) is 11.9 Å². The number of esters is 1. The standard InChI is InChI=1S/C27H27N5O4/c1-36-25(34)15-12-19-6-2-3-7-21(19)26(35)29-17-24(33)28-16-18-10-13-20(14-11-18)30-27-31-22-8-4-5-9-23(22)32-27/h2-11,13-14H,12,15-17H2,1H3,(H,28,33)(H,29,35)(H2,30,31,32). The summed E-state index contributed by atoms with van der Waals surface area (Å²) in [5.74, 6) is -0.366. The van der Waals surface area contributed by atoms with Crippen LogP contribution in [0.25, 0.3) is 11.0 Å². The van der Waals surface area contributed by atoms with Gasteiger partial charge in [-0.25, -0.2) is 4.98 Å². The fourth-order valence-electron chi connectivity index (χ4n) is 3.67. The highest BCUT2D eigenvalue weighted by Gasteiger charge is 2.13. The molecule has 0 bridgehead atoms. The van der Waals surface area contributed by atoms with Crippen molar-refractivity contribution in [1.82, 2.24) is 20.6 Å². The molecule has 0 saturated heterocycles. The predicted octanol–water partition coefficient (Wildman–Crippen LogP) is 3.46. The van der Waals surface area contributed by atoms with E-state index >= 15 is 0 Å². The summed E-state index contributed by atoms with van der Waals surface area (Å²) in [5.41, 5.74) is 4.77. The average Bonchev–Trinajstić information content (AvgIpc) is 3.32. The highest BCUT2D eigenvalue weighted by Crippen LogP contribution is 2.18. The summed E-state index contributed by atoms with van der Waals surface area (Å²) in [6.07, 6.45) is 0.553. The van der Waals surface area contributed by atoms with Crippen molar-refractivity contribution < 1.29 is 19.1 Å². The van der Waals surface area contributed by atoms with Crippen molar-refractivity contribution in [3.63, 3.8) is 0 Å². The zero-order valence-electron chi connectivity index (χ0n) is 19.8. The number of hydrogen-bond acceptors (Lipinski definition) is 6. The SMILES string of the molecule is COC(=O)CCc1ccccc1C(=O)NCC(=O)NCc1ccc(Nc2nc3ccccc3[nH]2)cc1. The predicted molar refractivity (Wildman–Crippen MR) is 137 cm³/mol. The Bertz CT molecular complexity index is 1330. The van der Waals surface area contributed by atoms with Crippen LogP contribution in [0.2, 0.25) is 0 Å². The summed E-state index contributed by atoms with van der Waals surface area (Å²) in [6, 6.07) is 22.4. The number of para-hydroxylation sites is 2. The Hall–Kier alpha value is -4.66. The van der Waals surface area contributed by atoms with E-state index in [1.54, 1.807) is 24.3 Å². The molecule has 0 atom stereocenters. The Labute approximate surface area is 208 Å². The Morgan fingerprint density at radius 1 is 0.917 bits per heavy atom. The van der Waals surface area contributed by atoms with Crippen LogP contribution >= 0.6 is 0 Å². The van der Waals surface area contributed by atoms with Gasteiger partial charge in [0.1, 0.15) is 0 Å². The van der Waals surface area contributed by atoms with E-state index in [0.29, 0.717) is 24.5 Å². The van der Waals surface area contributed by atoms with Crippen molar-refractivity contribution in [2.75, 3.05) is 19.0 Å². The molecule has 2 amide bonds. The third-order valence-electron chi connectivity index (χ3n) is 5.59. The minimum absolute atomic E-state index is 0.157. The molecule has 9 heteroatoms. The number of imidazole rings is 1. The molecule has 0 radical (unpaired) electrons. The summed E-state index contributed by atoms with van der Waals surface area (Å²) in [4.78, 5) is 44.0. The summed E-state index contributed by atoms with van der Waals surface area (Å²) in [5, 5.41) is 8.67. The van der Waals surface area contributed by atoms with Crippen LogP contribution in [-0.2, 0) is 27.3 Å². The lowest BCUT2D eigenvalue weighted by atomic mass is 10.0. The van der Waals surface area contributed by atoms with E-state index in [0.717, 1.165) is 27.8 Å². The minimum Gasteiger partial charge on any atom is -0.469 e. The van der Waals surface area contributed by atoms with Gasteiger partial charge in [-0.1, -0.05) is 42.5 Å². The molecule has 1 heterocycles. The van der Waals surface area contributed by atoms with Crippen molar-refractivity contribution in [2.45, 2.75) is 19.4 Å². The molecule has 0 spiro atoms. The number of hydrogen-bond donors (Lipinski definition) is 4. The Kier molecular flexibility index (Phi) is 7.92. The van der Waals surface area contributed by atoms with E-state index in [1.165, 1.54) is 7.11 Å². The number of aromatic amines is 1. The lowest BCUT2D eigenvalue weighted by molar-refractivity contribution is -0.140. The maximum atomic E-state index is 12.6. The van der Waals surface area contributed by atoms with Crippen molar-refractivity contribution in [2.24, 2.45) is 0 Å². The van der Waals surface area contributed by atoms with Gasteiger partial charge in [-0.3, -0.25) is 14.4 Å². The smallest absolute Gasteiger partial charge is 0.305 e. The molecule has 3 aromatic carbocycles. The molecule has 36 heavy (non-hydrogen) atoms.